The van der Waals surface area contributed by atoms with Crippen molar-refractivity contribution >= 4 is 28.9 Å². The van der Waals surface area contributed by atoms with Gasteiger partial charge in [0.1, 0.15) is 5.15 Å². The maximum absolute atomic E-state index is 12.1. The molecule has 0 radical (unpaired) electrons. The zero-order valence-electron chi connectivity index (χ0n) is 11.4. The monoisotopic (exact) mass is 305 g/mol. The van der Waals surface area contributed by atoms with Crippen LogP contribution in [-0.2, 0) is 0 Å². The molecule has 0 saturated carbocycles. The van der Waals surface area contributed by atoms with Crippen molar-refractivity contribution in [1.82, 2.24) is 4.98 Å². The lowest BCUT2D eigenvalue weighted by molar-refractivity contribution is -0.385. The van der Waals surface area contributed by atoms with Crippen LogP contribution in [0.3, 0.4) is 0 Å². The average molecular weight is 306 g/mol. The number of nitrogens with zero attached hydrogens (tertiary/aromatic N) is 2. The van der Waals surface area contributed by atoms with Crippen molar-refractivity contribution in [2.45, 2.75) is 13.8 Å². The summed E-state index contributed by atoms with van der Waals surface area (Å²) in [5.41, 5.74) is 1.83. The molecule has 0 bridgehead atoms. The molecule has 0 aliphatic carbocycles. The van der Waals surface area contributed by atoms with E-state index in [-0.39, 0.29) is 16.4 Å². The van der Waals surface area contributed by atoms with Gasteiger partial charge in [-0.3, -0.25) is 14.9 Å². The van der Waals surface area contributed by atoms with E-state index >= 15 is 0 Å². The second-order valence-electron chi connectivity index (χ2n) is 4.51. The fraction of sp³-hybridized carbons (Fsp3) is 0.143. The highest BCUT2D eigenvalue weighted by atomic mass is 35.5. The summed E-state index contributed by atoms with van der Waals surface area (Å²) in [4.78, 5) is 26.4. The zero-order valence-corrected chi connectivity index (χ0v) is 12.1. The van der Waals surface area contributed by atoms with Crippen molar-refractivity contribution in [3.05, 3.63) is 62.4 Å². The fourth-order valence-electron chi connectivity index (χ4n) is 1.88. The van der Waals surface area contributed by atoms with Crippen LogP contribution in [0.1, 0.15) is 21.5 Å². The molecule has 1 heterocycles. The molecule has 2 aromatic rings. The first-order chi connectivity index (χ1) is 9.90. The molecular formula is C14H12ClN3O3. The van der Waals surface area contributed by atoms with Gasteiger partial charge in [-0.05, 0) is 37.6 Å². The van der Waals surface area contributed by atoms with Crippen LogP contribution in [0.2, 0.25) is 5.15 Å². The SMILES string of the molecule is Cc1cc([N+](=O)[O-])c(C)cc1NC(=O)c1cccnc1Cl. The summed E-state index contributed by atoms with van der Waals surface area (Å²) in [6, 6.07) is 6.15. The molecule has 2 rings (SSSR count). The van der Waals surface area contributed by atoms with E-state index in [1.165, 1.54) is 12.3 Å². The van der Waals surface area contributed by atoms with E-state index in [9.17, 15) is 14.9 Å². The number of nitro benzene ring substituents is 1. The number of carbonyl (C=O) groups is 1. The summed E-state index contributed by atoms with van der Waals surface area (Å²) in [6.07, 6.45) is 1.49. The Labute approximate surface area is 125 Å². The predicted molar refractivity (Wildman–Crippen MR) is 79.8 cm³/mol. The van der Waals surface area contributed by atoms with E-state index in [0.717, 1.165) is 0 Å². The lowest BCUT2D eigenvalue weighted by Crippen LogP contribution is -2.14. The number of aromatic nitrogens is 1. The molecule has 108 valence electrons. The Morgan fingerprint density at radius 3 is 2.67 bits per heavy atom. The number of nitrogens with one attached hydrogen (secondary N) is 1. The Morgan fingerprint density at radius 2 is 2.05 bits per heavy atom. The molecule has 7 heteroatoms. The standard InChI is InChI=1S/C14H12ClN3O3/c1-8-7-12(18(20)21)9(2)6-11(8)17-14(19)10-4-3-5-16-13(10)15/h3-7H,1-2H3,(H,17,19). The molecule has 0 saturated heterocycles. The molecule has 1 aromatic carbocycles. The zero-order chi connectivity index (χ0) is 15.6. The molecule has 1 N–H and O–H groups in total. The van der Waals surface area contributed by atoms with E-state index in [4.69, 9.17) is 11.6 Å². The van der Waals surface area contributed by atoms with Crippen molar-refractivity contribution in [3.63, 3.8) is 0 Å². The van der Waals surface area contributed by atoms with Gasteiger partial charge in [0.25, 0.3) is 11.6 Å². The highest BCUT2D eigenvalue weighted by Crippen LogP contribution is 2.26. The van der Waals surface area contributed by atoms with E-state index < -0.39 is 10.8 Å². The normalized spacial score (nSPS) is 10.2. The van der Waals surface area contributed by atoms with Gasteiger partial charge in [0.15, 0.2) is 0 Å². The van der Waals surface area contributed by atoms with Crippen molar-refractivity contribution < 1.29 is 9.72 Å². The highest BCUT2D eigenvalue weighted by Gasteiger charge is 2.16. The van der Waals surface area contributed by atoms with Gasteiger partial charge in [-0.15, -0.1) is 0 Å². The fourth-order valence-corrected chi connectivity index (χ4v) is 2.08. The van der Waals surface area contributed by atoms with Crippen LogP contribution in [0.5, 0.6) is 0 Å². The predicted octanol–water partition coefficient (Wildman–Crippen LogP) is 3.51. The minimum absolute atomic E-state index is 0.0184. The lowest BCUT2D eigenvalue weighted by Gasteiger charge is -2.10. The molecule has 1 amide bonds. The van der Waals surface area contributed by atoms with Crippen LogP contribution in [0.4, 0.5) is 11.4 Å². The lowest BCUT2D eigenvalue weighted by atomic mass is 10.1. The number of hydrogen-bond donors (Lipinski definition) is 1. The van der Waals surface area contributed by atoms with E-state index in [0.29, 0.717) is 16.8 Å². The quantitative estimate of drug-likeness (QED) is 0.534. The minimum Gasteiger partial charge on any atom is -0.322 e. The number of pyridine rings is 1. The van der Waals surface area contributed by atoms with Gasteiger partial charge in [-0.25, -0.2) is 4.98 Å². The van der Waals surface area contributed by atoms with Crippen LogP contribution in [0.15, 0.2) is 30.5 Å². The molecule has 0 fully saturated rings. The smallest absolute Gasteiger partial charge is 0.272 e. The Kier molecular flexibility index (Phi) is 4.18. The van der Waals surface area contributed by atoms with Crippen molar-refractivity contribution in [2.75, 3.05) is 5.32 Å². The Bertz CT molecular complexity index is 731. The number of aryl methyl sites for hydroxylation is 2. The first-order valence-electron chi connectivity index (χ1n) is 6.07. The maximum Gasteiger partial charge on any atom is 0.272 e. The van der Waals surface area contributed by atoms with Gasteiger partial charge in [0, 0.05) is 23.5 Å². The van der Waals surface area contributed by atoms with E-state index in [1.807, 2.05) is 0 Å². The van der Waals surface area contributed by atoms with Crippen LogP contribution < -0.4 is 5.32 Å². The second-order valence-corrected chi connectivity index (χ2v) is 4.86. The molecule has 0 atom stereocenters. The first kappa shape index (κ1) is 14.9. The average Bonchev–Trinajstić information content (AvgIpc) is 2.42. The van der Waals surface area contributed by atoms with Gasteiger partial charge < -0.3 is 5.32 Å². The number of amides is 1. The highest BCUT2D eigenvalue weighted by molar-refractivity contribution is 6.33. The van der Waals surface area contributed by atoms with E-state index in [2.05, 4.69) is 10.3 Å². The minimum atomic E-state index is -0.452. The summed E-state index contributed by atoms with van der Waals surface area (Å²) in [5.74, 6) is -0.413. The number of anilines is 1. The maximum atomic E-state index is 12.1. The molecule has 0 unspecified atom stereocenters. The second kappa shape index (κ2) is 5.88. The molecule has 0 aliphatic heterocycles. The van der Waals surface area contributed by atoms with Crippen LogP contribution in [0.25, 0.3) is 0 Å². The molecule has 1 aromatic heterocycles. The Hall–Kier alpha value is -2.47. The van der Waals surface area contributed by atoms with Crippen molar-refractivity contribution in [1.29, 1.82) is 0 Å². The number of rotatable bonds is 3. The van der Waals surface area contributed by atoms with Gasteiger partial charge in [-0.2, -0.15) is 0 Å². The molecule has 0 aliphatic rings. The van der Waals surface area contributed by atoms with Crippen LogP contribution in [-0.4, -0.2) is 15.8 Å². The third kappa shape index (κ3) is 3.17. The van der Waals surface area contributed by atoms with Crippen molar-refractivity contribution in [2.24, 2.45) is 0 Å². The number of nitro groups is 1. The summed E-state index contributed by atoms with van der Waals surface area (Å²) in [5, 5.41) is 13.7. The molecule has 6 nitrogen and oxygen atoms in total. The van der Waals surface area contributed by atoms with Gasteiger partial charge in [0.05, 0.1) is 10.5 Å². The largest absolute Gasteiger partial charge is 0.322 e. The first-order valence-corrected chi connectivity index (χ1v) is 6.45. The summed E-state index contributed by atoms with van der Waals surface area (Å²) < 4.78 is 0. The summed E-state index contributed by atoms with van der Waals surface area (Å²) in [6.45, 7) is 3.30. The van der Waals surface area contributed by atoms with Crippen molar-refractivity contribution in [3.8, 4) is 0 Å². The number of benzene rings is 1. The number of halogens is 1. The summed E-state index contributed by atoms with van der Waals surface area (Å²) >= 11 is 5.86. The number of hydrogen-bond acceptors (Lipinski definition) is 4. The van der Waals surface area contributed by atoms with Crippen LogP contribution in [0, 0.1) is 24.0 Å². The van der Waals surface area contributed by atoms with E-state index in [1.54, 1.807) is 32.0 Å². The van der Waals surface area contributed by atoms with Crippen LogP contribution >= 0.6 is 11.6 Å². The Morgan fingerprint density at radius 1 is 1.33 bits per heavy atom. The molecular weight excluding hydrogens is 294 g/mol. The molecule has 21 heavy (non-hydrogen) atoms. The summed E-state index contributed by atoms with van der Waals surface area (Å²) in [7, 11) is 0. The van der Waals surface area contributed by atoms with Gasteiger partial charge in [0.2, 0.25) is 0 Å². The van der Waals surface area contributed by atoms with Gasteiger partial charge >= 0.3 is 0 Å². The molecule has 0 spiro atoms. The third-order valence-corrected chi connectivity index (χ3v) is 3.29. The number of carbonyl (C=O) groups excluding carboxylic acids is 1. The third-order valence-electron chi connectivity index (χ3n) is 2.99. The Balaban J connectivity index is 2.32. The topological polar surface area (TPSA) is 85.1 Å². The van der Waals surface area contributed by atoms with Gasteiger partial charge in [-0.1, -0.05) is 11.6 Å².